The monoisotopic (exact) mass is 279 g/mol. The highest BCUT2D eigenvalue weighted by Crippen LogP contribution is 2.14. The lowest BCUT2D eigenvalue weighted by Gasteiger charge is -2.21. The van der Waals surface area contributed by atoms with Crippen LogP contribution in [0.25, 0.3) is 0 Å². The molecule has 2 N–H and O–H groups in total. The SMILES string of the molecule is CN(CC(=O)N1CCCC1)C(=O)c1ccc(N)cc1F. The summed E-state index contributed by atoms with van der Waals surface area (Å²) >= 11 is 0. The number of likely N-dealkylation sites (N-methyl/N-ethyl adjacent to an activating group) is 1. The van der Waals surface area contributed by atoms with Crippen molar-refractivity contribution in [2.45, 2.75) is 12.8 Å². The van der Waals surface area contributed by atoms with E-state index in [2.05, 4.69) is 0 Å². The molecular weight excluding hydrogens is 261 g/mol. The van der Waals surface area contributed by atoms with E-state index in [1.54, 1.807) is 4.90 Å². The van der Waals surface area contributed by atoms with Gasteiger partial charge < -0.3 is 15.5 Å². The van der Waals surface area contributed by atoms with Crippen molar-refractivity contribution in [1.29, 1.82) is 0 Å². The van der Waals surface area contributed by atoms with Gasteiger partial charge in [0.2, 0.25) is 5.91 Å². The van der Waals surface area contributed by atoms with E-state index >= 15 is 0 Å². The molecule has 5 nitrogen and oxygen atoms in total. The Bertz CT molecular complexity index is 527. The molecule has 1 heterocycles. The predicted octanol–water partition coefficient (Wildman–Crippen LogP) is 1.10. The smallest absolute Gasteiger partial charge is 0.257 e. The van der Waals surface area contributed by atoms with Gasteiger partial charge in [-0.3, -0.25) is 9.59 Å². The van der Waals surface area contributed by atoms with Crippen LogP contribution in [0.2, 0.25) is 0 Å². The summed E-state index contributed by atoms with van der Waals surface area (Å²) in [4.78, 5) is 27.0. The number of rotatable bonds is 3. The molecule has 2 rings (SSSR count). The van der Waals surface area contributed by atoms with Gasteiger partial charge in [-0.15, -0.1) is 0 Å². The molecule has 6 heteroatoms. The lowest BCUT2D eigenvalue weighted by molar-refractivity contribution is -0.130. The van der Waals surface area contributed by atoms with E-state index in [9.17, 15) is 14.0 Å². The summed E-state index contributed by atoms with van der Waals surface area (Å²) in [6.45, 7) is 1.43. The number of amides is 2. The number of hydrogen-bond donors (Lipinski definition) is 1. The van der Waals surface area contributed by atoms with E-state index in [1.165, 1.54) is 24.1 Å². The fraction of sp³-hybridized carbons (Fsp3) is 0.429. The van der Waals surface area contributed by atoms with Crippen molar-refractivity contribution in [3.63, 3.8) is 0 Å². The number of hydrogen-bond acceptors (Lipinski definition) is 3. The number of nitrogens with zero attached hydrogens (tertiary/aromatic N) is 2. The second kappa shape index (κ2) is 5.90. The first-order chi connectivity index (χ1) is 9.49. The summed E-state index contributed by atoms with van der Waals surface area (Å²) in [6.07, 6.45) is 1.99. The average molecular weight is 279 g/mol. The van der Waals surface area contributed by atoms with Gasteiger partial charge in [-0.25, -0.2) is 4.39 Å². The lowest BCUT2D eigenvalue weighted by Crippen LogP contribution is -2.40. The number of likely N-dealkylation sites (tertiary alicyclic amines) is 1. The van der Waals surface area contributed by atoms with Gasteiger partial charge in [0.15, 0.2) is 0 Å². The third kappa shape index (κ3) is 3.07. The van der Waals surface area contributed by atoms with Crippen molar-refractivity contribution in [3.05, 3.63) is 29.6 Å². The highest BCUT2D eigenvalue weighted by Gasteiger charge is 2.23. The third-order valence-electron chi connectivity index (χ3n) is 3.40. The van der Waals surface area contributed by atoms with Crippen molar-refractivity contribution in [1.82, 2.24) is 9.80 Å². The maximum absolute atomic E-state index is 13.7. The zero-order valence-electron chi connectivity index (χ0n) is 11.4. The molecule has 2 amide bonds. The van der Waals surface area contributed by atoms with Crippen molar-refractivity contribution in [2.24, 2.45) is 0 Å². The maximum atomic E-state index is 13.7. The molecule has 0 bridgehead atoms. The molecule has 0 atom stereocenters. The van der Waals surface area contributed by atoms with Gasteiger partial charge in [-0.05, 0) is 31.0 Å². The summed E-state index contributed by atoms with van der Waals surface area (Å²) in [5.74, 6) is -1.29. The Morgan fingerprint density at radius 2 is 2.00 bits per heavy atom. The molecule has 1 fully saturated rings. The lowest BCUT2D eigenvalue weighted by atomic mass is 10.1. The van der Waals surface area contributed by atoms with E-state index in [-0.39, 0.29) is 23.7 Å². The third-order valence-corrected chi connectivity index (χ3v) is 3.40. The molecule has 0 radical (unpaired) electrons. The van der Waals surface area contributed by atoms with E-state index in [0.29, 0.717) is 0 Å². The van der Waals surface area contributed by atoms with Crippen LogP contribution < -0.4 is 5.73 Å². The van der Waals surface area contributed by atoms with Crippen LogP contribution >= 0.6 is 0 Å². The van der Waals surface area contributed by atoms with E-state index in [4.69, 9.17) is 5.73 Å². The quantitative estimate of drug-likeness (QED) is 0.843. The number of carbonyl (C=O) groups excluding carboxylic acids is 2. The zero-order valence-corrected chi connectivity index (χ0v) is 11.4. The zero-order chi connectivity index (χ0) is 14.7. The van der Waals surface area contributed by atoms with Gasteiger partial charge in [-0.2, -0.15) is 0 Å². The first-order valence-electron chi connectivity index (χ1n) is 6.57. The molecule has 0 aromatic heterocycles. The Kier molecular flexibility index (Phi) is 4.22. The molecule has 1 aromatic carbocycles. The van der Waals surface area contributed by atoms with Crippen LogP contribution in [0.1, 0.15) is 23.2 Å². The highest BCUT2D eigenvalue weighted by atomic mass is 19.1. The summed E-state index contributed by atoms with van der Waals surface area (Å²) < 4.78 is 13.7. The Hall–Kier alpha value is -2.11. The number of nitrogen functional groups attached to an aromatic ring is 1. The van der Waals surface area contributed by atoms with Crippen LogP contribution in [0.5, 0.6) is 0 Å². The molecule has 108 valence electrons. The van der Waals surface area contributed by atoms with Crippen LogP contribution in [0.15, 0.2) is 18.2 Å². The first-order valence-corrected chi connectivity index (χ1v) is 6.57. The second-order valence-electron chi connectivity index (χ2n) is 4.99. The number of benzene rings is 1. The molecule has 0 aliphatic carbocycles. The van der Waals surface area contributed by atoms with Crippen LogP contribution in [-0.2, 0) is 4.79 Å². The predicted molar refractivity (Wildman–Crippen MR) is 73.6 cm³/mol. The van der Waals surface area contributed by atoms with Gasteiger partial charge in [0.1, 0.15) is 5.82 Å². The van der Waals surface area contributed by atoms with Gasteiger partial charge >= 0.3 is 0 Å². The van der Waals surface area contributed by atoms with Gasteiger partial charge in [0, 0.05) is 25.8 Å². The minimum absolute atomic E-state index is 0.0390. The summed E-state index contributed by atoms with van der Waals surface area (Å²) in [5.41, 5.74) is 5.63. The maximum Gasteiger partial charge on any atom is 0.257 e. The fourth-order valence-electron chi connectivity index (χ4n) is 2.25. The first kappa shape index (κ1) is 14.3. The Morgan fingerprint density at radius 1 is 1.35 bits per heavy atom. The molecule has 1 aliphatic rings. The molecule has 0 unspecified atom stereocenters. The molecule has 1 saturated heterocycles. The highest BCUT2D eigenvalue weighted by molar-refractivity contribution is 5.96. The molecular formula is C14H18FN3O2. The number of carbonyl (C=O) groups is 2. The van der Waals surface area contributed by atoms with Crippen molar-refractivity contribution in [2.75, 3.05) is 32.4 Å². The molecule has 1 aliphatic heterocycles. The Morgan fingerprint density at radius 3 is 2.60 bits per heavy atom. The van der Waals surface area contributed by atoms with E-state index < -0.39 is 11.7 Å². The Balaban J connectivity index is 2.02. The average Bonchev–Trinajstić information content (AvgIpc) is 2.91. The van der Waals surface area contributed by atoms with Crippen LogP contribution in [0.4, 0.5) is 10.1 Å². The molecule has 1 aromatic rings. The van der Waals surface area contributed by atoms with Gasteiger partial charge in [-0.1, -0.05) is 0 Å². The minimum atomic E-state index is -0.671. The van der Waals surface area contributed by atoms with Gasteiger partial charge in [0.05, 0.1) is 12.1 Å². The summed E-state index contributed by atoms with van der Waals surface area (Å²) in [5, 5.41) is 0. The van der Waals surface area contributed by atoms with Crippen molar-refractivity contribution < 1.29 is 14.0 Å². The van der Waals surface area contributed by atoms with Crippen LogP contribution in [0.3, 0.4) is 0 Å². The number of anilines is 1. The van der Waals surface area contributed by atoms with E-state index in [1.807, 2.05) is 0 Å². The summed E-state index contributed by atoms with van der Waals surface area (Å²) in [6, 6.07) is 3.90. The largest absolute Gasteiger partial charge is 0.399 e. The normalized spacial score (nSPS) is 14.4. The van der Waals surface area contributed by atoms with Crippen LogP contribution in [-0.4, -0.2) is 48.3 Å². The van der Waals surface area contributed by atoms with Crippen LogP contribution in [0, 0.1) is 5.82 Å². The van der Waals surface area contributed by atoms with Gasteiger partial charge in [0.25, 0.3) is 5.91 Å². The molecule has 20 heavy (non-hydrogen) atoms. The van der Waals surface area contributed by atoms with Crippen molar-refractivity contribution >= 4 is 17.5 Å². The topological polar surface area (TPSA) is 66.6 Å². The molecule has 0 saturated carbocycles. The second-order valence-corrected chi connectivity index (χ2v) is 4.99. The minimum Gasteiger partial charge on any atom is -0.399 e. The van der Waals surface area contributed by atoms with Crippen molar-refractivity contribution in [3.8, 4) is 0 Å². The number of nitrogens with two attached hydrogens (primary N) is 1. The number of halogens is 1. The fourth-order valence-corrected chi connectivity index (χ4v) is 2.25. The van der Waals surface area contributed by atoms with E-state index in [0.717, 1.165) is 32.0 Å². The molecule has 0 spiro atoms. The standard InChI is InChI=1S/C14H18FN3O2/c1-17(9-13(19)18-6-2-3-7-18)14(20)11-5-4-10(16)8-12(11)15/h4-5,8H,2-3,6-7,9,16H2,1H3. The summed E-state index contributed by atoms with van der Waals surface area (Å²) in [7, 11) is 1.49. The Labute approximate surface area is 117 Å².